The second-order valence-corrected chi connectivity index (χ2v) is 11.3. The van der Waals surface area contributed by atoms with Gasteiger partial charge in [0.25, 0.3) is 0 Å². The molecular formula is C38H43N3O2. The van der Waals surface area contributed by atoms with Crippen molar-refractivity contribution in [3.05, 3.63) is 120 Å². The van der Waals surface area contributed by atoms with E-state index in [1.165, 1.54) is 27.8 Å². The van der Waals surface area contributed by atoms with E-state index in [0.29, 0.717) is 13.0 Å². The quantitative estimate of drug-likeness (QED) is 0.128. The summed E-state index contributed by atoms with van der Waals surface area (Å²) in [5.41, 5.74) is 8.14. The molecule has 0 atom stereocenters. The fourth-order valence-corrected chi connectivity index (χ4v) is 5.51. The molecule has 5 rings (SSSR count). The van der Waals surface area contributed by atoms with Gasteiger partial charge in [-0.1, -0.05) is 85.3 Å². The number of benzene rings is 4. The summed E-state index contributed by atoms with van der Waals surface area (Å²) in [7, 11) is 0. The number of ether oxygens (including phenoxy) is 1. The number of hydrogen-bond donors (Lipinski definition) is 1. The van der Waals surface area contributed by atoms with Crippen molar-refractivity contribution >= 4 is 16.9 Å². The second kappa shape index (κ2) is 15.2. The lowest BCUT2D eigenvalue weighted by Gasteiger charge is -2.12. The number of para-hydroxylation sites is 2. The van der Waals surface area contributed by atoms with Crippen molar-refractivity contribution in [1.29, 1.82) is 0 Å². The van der Waals surface area contributed by atoms with E-state index in [-0.39, 0.29) is 5.91 Å². The smallest absolute Gasteiger partial charge is 0.224 e. The Labute approximate surface area is 255 Å². The Morgan fingerprint density at radius 2 is 1.53 bits per heavy atom. The van der Waals surface area contributed by atoms with E-state index >= 15 is 0 Å². The van der Waals surface area contributed by atoms with Gasteiger partial charge in [-0.25, -0.2) is 4.98 Å². The lowest BCUT2D eigenvalue weighted by Crippen LogP contribution is -2.26. The number of nitrogens with one attached hydrogen (secondary N) is 1. The van der Waals surface area contributed by atoms with E-state index < -0.39 is 0 Å². The average Bonchev–Trinajstić information content (AvgIpc) is 3.38. The zero-order valence-corrected chi connectivity index (χ0v) is 25.5. The van der Waals surface area contributed by atoms with E-state index in [1.54, 1.807) is 0 Å². The van der Waals surface area contributed by atoms with Crippen LogP contribution < -0.4 is 10.1 Å². The molecule has 5 nitrogen and oxygen atoms in total. The van der Waals surface area contributed by atoms with E-state index in [1.807, 2.05) is 30.3 Å². The number of aromatic nitrogens is 2. The van der Waals surface area contributed by atoms with E-state index in [0.717, 1.165) is 74.3 Å². The second-order valence-electron chi connectivity index (χ2n) is 11.3. The van der Waals surface area contributed by atoms with Gasteiger partial charge < -0.3 is 14.6 Å². The Morgan fingerprint density at radius 1 is 0.767 bits per heavy atom. The van der Waals surface area contributed by atoms with Gasteiger partial charge in [0, 0.05) is 19.5 Å². The molecule has 0 fully saturated rings. The zero-order chi connectivity index (χ0) is 29.9. The van der Waals surface area contributed by atoms with E-state index in [2.05, 4.69) is 90.5 Å². The fourth-order valence-electron chi connectivity index (χ4n) is 5.51. The Hall–Kier alpha value is -4.38. The Morgan fingerprint density at radius 3 is 2.37 bits per heavy atom. The number of imidazole rings is 1. The first-order valence-electron chi connectivity index (χ1n) is 15.6. The Kier molecular flexibility index (Phi) is 10.6. The van der Waals surface area contributed by atoms with Crippen LogP contribution in [-0.4, -0.2) is 28.6 Å². The fraction of sp³-hybridized carbons (Fsp3) is 0.316. The first-order chi connectivity index (χ1) is 21.1. The highest BCUT2D eigenvalue weighted by Gasteiger charge is 2.11. The van der Waals surface area contributed by atoms with Gasteiger partial charge in [-0.05, 0) is 85.5 Å². The lowest BCUT2D eigenvalue weighted by molar-refractivity contribution is -0.120. The summed E-state index contributed by atoms with van der Waals surface area (Å²) in [6.07, 6.45) is 6.46. The van der Waals surface area contributed by atoms with Crippen LogP contribution in [-0.2, 0) is 24.2 Å². The predicted octanol–water partition coefficient (Wildman–Crippen LogP) is 8.25. The Balaban J connectivity index is 1.02. The molecule has 1 aromatic heterocycles. The van der Waals surface area contributed by atoms with Crippen molar-refractivity contribution in [2.75, 3.05) is 13.2 Å². The minimum atomic E-state index is 0.0794. The molecule has 43 heavy (non-hydrogen) atoms. The average molecular weight is 574 g/mol. The summed E-state index contributed by atoms with van der Waals surface area (Å²) in [6.45, 7) is 6.61. The summed E-state index contributed by atoms with van der Waals surface area (Å²) >= 11 is 0. The van der Waals surface area contributed by atoms with Gasteiger partial charge >= 0.3 is 0 Å². The lowest BCUT2D eigenvalue weighted by atomic mass is 10.0. The maximum absolute atomic E-state index is 12.5. The van der Waals surface area contributed by atoms with Crippen LogP contribution in [0.2, 0.25) is 0 Å². The molecule has 4 aromatic carbocycles. The van der Waals surface area contributed by atoms with Gasteiger partial charge in [0.1, 0.15) is 11.6 Å². The molecule has 5 heteroatoms. The van der Waals surface area contributed by atoms with Gasteiger partial charge in [-0.2, -0.15) is 0 Å². The van der Waals surface area contributed by atoms with Gasteiger partial charge in [0.15, 0.2) is 0 Å². The largest absolute Gasteiger partial charge is 0.493 e. The molecule has 0 saturated heterocycles. The van der Waals surface area contributed by atoms with E-state index in [9.17, 15) is 4.79 Å². The Bertz CT molecular complexity index is 1610. The van der Waals surface area contributed by atoms with Gasteiger partial charge in [-0.3, -0.25) is 4.79 Å². The molecule has 1 N–H and O–H groups in total. The minimum absolute atomic E-state index is 0.0794. The first-order valence-corrected chi connectivity index (χ1v) is 15.6. The number of nitrogens with zero attached hydrogens (tertiary/aromatic N) is 2. The first kappa shape index (κ1) is 30.1. The number of amides is 1. The molecular weight excluding hydrogens is 530 g/mol. The summed E-state index contributed by atoms with van der Waals surface area (Å²) < 4.78 is 8.46. The standard InChI is InChI=1S/C38H43N3O2/c1-29-14-13-19-36(30(29)2)43-27-12-11-26-41-35-18-9-8-17-34(35)40-37(41)20-7-4-10-25-39-38(42)28-31-21-23-33(24-22-31)32-15-5-3-6-16-32/h3,5-6,8-9,13-19,21-24H,4,7,10-12,20,25-28H2,1-2H3,(H,39,42). The molecule has 1 amide bonds. The van der Waals surface area contributed by atoms with E-state index in [4.69, 9.17) is 9.72 Å². The van der Waals surface area contributed by atoms with Crippen molar-refractivity contribution in [2.24, 2.45) is 0 Å². The third kappa shape index (κ3) is 8.35. The minimum Gasteiger partial charge on any atom is -0.493 e. The number of hydrogen-bond acceptors (Lipinski definition) is 3. The molecule has 5 aromatic rings. The highest BCUT2D eigenvalue weighted by Crippen LogP contribution is 2.22. The van der Waals surface area contributed by atoms with Crippen molar-refractivity contribution in [3.8, 4) is 16.9 Å². The topological polar surface area (TPSA) is 56.1 Å². The highest BCUT2D eigenvalue weighted by molar-refractivity contribution is 5.79. The molecule has 0 aliphatic carbocycles. The van der Waals surface area contributed by atoms with Crippen LogP contribution in [0.4, 0.5) is 0 Å². The molecule has 0 saturated carbocycles. The zero-order valence-electron chi connectivity index (χ0n) is 25.5. The third-order valence-corrected chi connectivity index (χ3v) is 8.15. The normalized spacial score (nSPS) is 11.1. The van der Waals surface area contributed by atoms with Crippen LogP contribution >= 0.6 is 0 Å². The number of aryl methyl sites for hydroxylation is 3. The van der Waals surface area contributed by atoms with Gasteiger partial charge in [-0.15, -0.1) is 0 Å². The van der Waals surface area contributed by atoms with Crippen molar-refractivity contribution in [2.45, 2.75) is 65.3 Å². The highest BCUT2D eigenvalue weighted by atomic mass is 16.5. The summed E-state index contributed by atoms with van der Waals surface area (Å²) in [5.74, 6) is 2.22. The van der Waals surface area contributed by atoms with Gasteiger partial charge in [0.05, 0.1) is 24.1 Å². The molecule has 0 aliphatic heterocycles. The SMILES string of the molecule is Cc1cccc(OCCCCn2c(CCCCCNC(=O)Cc3ccc(-c4ccccc4)cc3)nc3ccccc32)c1C. The maximum Gasteiger partial charge on any atom is 0.224 e. The molecule has 1 heterocycles. The molecule has 0 unspecified atom stereocenters. The third-order valence-electron chi connectivity index (χ3n) is 8.15. The molecule has 222 valence electrons. The number of unbranched alkanes of at least 4 members (excludes halogenated alkanes) is 3. The molecule has 0 radical (unpaired) electrons. The number of carbonyl (C=O) groups is 1. The van der Waals surface area contributed by atoms with Crippen LogP contribution in [0.5, 0.6) is 5.75 Å². The van der Waals surface area contributed by atoms with Crippen LogP contribution in [0.3, 0.4) is 0 Å². The summed E-state index contributed by atoms with van der Waals surface area (Å²) in [4.78, 5) is 17.5. The predicted molar refractivity (Wildman–Crippen MR) is 177 cm³/mol. The van der Waals surface area contributed by atoms with Crippen LogP contribution in [0.15, 0.2) is 97.1 Å². The summed E-state index contributed by atoms with van der Waals surface area (Å²) in [5, 5.41) is 3.10. The molecule has 0 spiro atoms. The number of rotatable bonds is 15. The van der Waals surface area contributed by atoms with Gasteiger partial charge in [0.2, 0.25) is 5.91 Å². The van der Waals surface area contributed by atoms with Crippen molar-refractivity contribution < 1.29 is 9.53 Å². The van der Waals surface area contributed by atoms with Crippen LogP contribution in [0.25, 0.3) is 22.2 Å². The van der Waals surface area contributed by atoms with Crippen molar-refractivity contribution in [1.82, 2.24) is 14.9 Å². The number of carbonyl (C=O) groups excluding carboxylic acids is 1. The van der Waals surface area contributed by atoms with Crippen LogP contribution in [0.1, 0.15) is 54.6 Å². The number of fused-ring (bicyclic) bond motifs is 1. The molecule has 0 aliphatic rings. The monoisotopic (exact) mass is 573 g/mol. The molecule has 0 bridgehead atoms. The van der Waals surface area contributed by atoms with Crippen LogP contribution in [0, 0.1) is 13.8 Å². The summed E-state index contributed by atoms with van der Waals surface area (Å²) in [6, 6.07) is 33.2. The van der Waals surface area contributed by atoms with Crippen molar-refractivity contribution in [3.63, 3.8) is 0 Å². The maximum atomic E-state index is 12.5.